The van der Waals surface area contributed by atoms with Gasteiger partial charge in [-0.15, -0.1) is 0 Å². The van der Waals surface area contributed by atoms with Crippen molar-refractivity contribution in [1.82, 2.24) is 0 Å². The van der Waals surface area contributed by atoms with Crippen LogP contribution in [0.15, 0.2) is 41.0 Å². The van der Waals surface area contributed by atoms with Crippen LogP contribution < -0.4 is 5.01 Å². The van der Waals surface area contributed by atoms with E-state index in [1.165, 1.54) is 29.8 Å². The van der Waals surface area contributed by atoms with Gasteiger partial charge in [0, 0.05) is 17.2 Å². The molecule has 0 spiro atoms. The third-order valence-corrected chi connectivity index (χ3v) is 10.8. The van der Waals surface area contributed by atoms with Gasteiger partial charge in [0.25, 0.3) is 5.78 Å². The predicted molar refractivity (Wildman–Crippen MR) is 133 cm³/mol. The molecule has 3 fully saturated rings. The highest BCUT2D eigenvalue weighted by Gasteiger charge is 2.63. The fourth-order valence-electron chi connectivity index (χ4n) is 9.02. The Bertz CT molecular complexity index is 1140. The molecule has 4 aliphatic carbocycles. The van der Waals surface area contributed by atoms with Gasteiger partial charge in [0.1, 0.15) is 0 Å². The van der Waals surface area contributed by atoms with Crippen LogP contribution >= 0.6 is 0 Å². The Morgan fingerprint density at radius 2 is 1.81 bits per heavy atom. The highest BCUT2D eigenvalue weighted by atomic mass is 19.4. The minimum Gasteiger partial charge on any atom is -0.393 e. The number of hydrazone groups is 1. The molecule has 6 rings (SSSR count). The van der Waals surface area contributed by atoms with E-state index in [9.17, 15) is 23.1 Å². The fraction of sp³-hybridized carbons (Fsp3) is 0.655. The summed E-state index contributed by atoms with van der Waals surface area (Å²) < 4.78 is 38.4. The standard InChI is InChI=1S/C29H35F3N2O2/c1-16-25-24(33-34(16)19-7-4-17(5-8-19)26(36)29(30,31)32)15-23-21-9-6-18-14-20(35)10-12-27(18,2)22(21)11-13-28(23,25)3/h4-8,16,20-23,25,35H,9-15H2,1-3H3/t16-,20-,21+,22-,23-,25-,27-,28-/m0/s1. The Balaban J connectivity index is 1.26. The van der Waals surface area contributed by atoms with Crippen LogP contribution in [-0.4, -0.2) is 34.9 Å². The average molecular weight is 501 g/mol. The maximum absolute atomic E-state index is 12.8. The summed E-state index contributed by atoms with van der Waals surface area (Å²) in [6, 6.07) is 5.81. The summed E-state index contributed by atoms with van der Waals surface area (Å²) >= 11 is 0. The summed E-state index contributed by atoms with van der Waals surface area (Å²) in [7, 11) is 0. The zero-order chi connectivity index (χ0) is 25.6. The number of hydrogen-bond acceptors (Lipinski definition) is 4. The molecule has 1 aromatic carbocycles. The number of Topliss-reactive ketones (excluding diaryl/α,β-unsaturated/α-hetero) is 1. The van der Waals surface area contributed by atoms with E-state index in [-0.39, 0.29) is 28.5 Å². The van der Waals surface area contributed by atoms with Crippen LogP contribution in [-0.2, 0) is 0 Å². The number of rotatable bonds is 2. The quantitative estimate of drug-likeness (QED) is 0.370. The predicted octanol–water partition coefficient (Wildman–Crippen LogP) is 6.55. The summed E-state index contributed by atoms with van der Waals surface area (Å²) in [5, 5.41) is 17.2. The zero-order valence-electron chi connectivity index (χ0n) is 21.2. The lowest BCUT2D eigenvalue weighted by Gasteiger charge is -2.58. The largest absolute Gasteiger partial charge is 0.454 e. The summed E-state index contributed by atoms with van der Waals surface area (Å²) in [6.45, 7) is 7.06. The van der Waals surface area contributed by atoms with Gasteiger partial charge >= 0.3 is 6.18 Å². The van der Waals surface area contributed by atoms with E-state index in [0.29, 0.717) is 23.7 Å². The number of aliphatic hydroxyl groups is 1. The molecule has 5 aliphatic rings. The maximum atomic E-state index is 12.8. The first-order valence-corrected chi connectivity index (χ1v) is 13.4. The highest BCUT2D eigenvalue weighted by molar-refractivity contribution is 6.00. The molecule has 3 saturated carbocycles. The topological polar surface area (TPSA) is 52.9 Å². The number of ketones is 1. The van der Waals surface area contributed by atoms with Crippen LogP contribution in [0.1, 0.15) is 76.1 Å². The normalized spacial score (nSPS) is 41.6. The van der Waals surface area contributed by atoms with E-state index in [4.69, 9.17) is 5.10 Å². The molecule has 1 N–H and O–H groups in total. The molecule has 0 amide bonds. The van der Waals surface area contributed by atoms with Gasteiger partial charge in [-0.05, 0) is 105 Å². The van der Waals surface area contributed by atoms with E-state index in [0.717, 1.165) is 44.2 Å². The van der Waals surface area contributed by atoms with Crippen molar-refractivity contribution in [1.29, 1.82) is 0 Å². The fourth-order valence-corrected chi connectivity index (χ4v) is 9.02. The maximum Gasteiger partial charge on any atom is 0.454 e. The lowest BCUT2D eigenvalue weighted by atomic mass is 9.47. The minimum atomic E-state index is -4.87. The van der Waals surface area contributed by atoms with Gasteiger partial charge in [0.05, 0.1) is 17.8 Å². The Morgan fingerprint density at radius 3 is 2.50 bits per heavy atom. The molecule has 7 heteroatoms. The van der Waals surface area contributed by atoms with Crippen LogP contribution in [0.3, 0.4) is 0 Å². The molecule has 36 heavy (non-hydrogen) atoms. The van der Waals surface area contributed by atoms with Gasteiger partial charge in [-0.2, -0.15) is 18.3 Å². The molecule has 194 valence electrons. The second-order valence-corrected chi connectivity index (χ2v) is 12.4. The molecule has 0 aromatic heterocycles. The molecule has 0 radical (unpaired) electrons. The molecule has 1 aliphatic heterocycles. The van der Waals surface area contributed by atoms with E-state index in [1.54, 1.807) is 12.1 Å². The summed E-state index contributed by atoms with van der Waals surface area (Å²) in [5.41, 5.74) is 3.45. The average Bonchev–Trinajstić information content (AvgIpc) is 3.32. The van der Waals surface area contributed by atoms with Crippen LogP contribution in [0, 0.1) is 34.5 Å². The van der Waals surface area contributed by atoms with Crippen LogP contribution in [0.25, 0.3) is 0 Å². The Kier molecular flexibility index (Phi) is 5.33. The first-order valence-electron chi connectivity index (χ1n) is 13.4. The number of aliphatic hydroxyl groups excluding tert-OH is 1. The number of allylic oxidation sites excluding steroid dienone is 1. The molecule has 4 nitrogen and oxygen atoms in total. The van der Waals surface area contributed by atoms with Crippen molar-refractivity contribution >= 4 is 17.2 Å². The minimum absolute atomic E-state index is 0.117. The van der Waals surface area contributed by atoms with Crippen molar-refractivity contribution < 1.29 is 23.1 Å². The van der Waals surface area contributed by atoms with Gasteiger partial charge in [0.15, 0.2) is 0 Å². The van der Waals surface area contributed by atoms with Crippen molar-refractivity contribution in [2.24, 2.45) is 39.6 Å². The third kappa shape index (κ3) is 3.37. The molecular formula is C29H35F3N2O2. The molecule has 0 bridgehead atoms. The van der Waals surface area contributed by atoms with Crippen molar-refractivity contribution in [2.45, 2.75) is 84.0 Å². The summed E-state index contributed by atoms with van der Waals surface area (Å²) in [6.07, 6.45) is 4.62. The van der Waals surface area contributed by atoms with Crippen LogP contribution in [0.5, 0.6) is 0 Å². The van der Waals surface area contributed by atoms with Gasteiger partial charge in [-0.1, -0.05) is 25.5 Å². The number of fused-ring (bicyclic) bond motifs is 7. The van der Waals surface area contributed by atoms with Crippen molar-refractivity contribution in [3.05, 3.63) is 41.5 Å². The summed E-state index contributed by atoms with van der Waals surface area (Å²) in [4.78, 5) is 11.6. The number of nitrogens with zero attached hydrogens (tertiary/aromatic N) is 2. The number of benzene rings is 1. The number of carbonyl (C=O) groups is 1. The van der Waals surface area contributed by atoms with Crippen LogP contribution in [0.2, 0.25) is 0 Å². The van der Waals surface area contributed by atoms with E-state index in [2.05, 4.69) is 26.8 Å². The first-order chi connectivity index (χ1) is 16.9. The third-order valence-electron chi connectivity index (χ3n) is 10.8. The lowest BCUT2D eigenvalue weighted by Crippen LogP contribution is -2.52. The highest BCUT2D eigenvalue weighted by Crippen LogP contribution is 2.67. The molecule has 0 unspecified atom stereocenters. The van der Waals surface area contributed by atoms with Gasteiger partial charge in [-0.3, -0.25) is 9.80 Å². The smallest absolute Gasteiger partial charge is 0.393 e. The van der Waals surface area contributed by atoms with Gasteiger partial charge in [0.2, 0.25) is 0 Å². The number of alkyl halides is 3. The molecule has 1 aromatic rings. The van der Waals surface area contributed by atoms with Crippen molar-refractivity contribution in [3.8, 4) is 0 Å². The Labute approximate surface area is 210 Å². The van der Waals surface area contributed by atoms with E-state index in [1.807, 2.05) is 5.01 Å². The molecule has 8 atom stereocenters. The SMILES string of the molecule is C[C@H]1[C@H]2C(=NN1c1ccc(C(=O)C(F)(F)F)cc1)C[C@H]1[C@@H]3CC=C4C[C@@H](O)CC[C@]4(C)[C@H]3CC[C@]21C. The number of carbonyl (C=O) groups excluding carboxylic acids is 1. The Hall–Kier alpha value is -2.15. The van der Waals surface area contributed by atoms with E-state index < -0.39 is 12.0 Å². The molecule has 1 heterocycles. The zero-order valence-corrected chi connectivity index (χ0v) is 21.2. The van der Waals surface area contributed by atoms with Crippen molar-refractivity contribution in [2.75, 3.05) is 5.01 Å². The van der Waals surface area contributed by atoms with Crippen molar-refractivity contribution in [3.63, 3.8) is 0 Å². The molecule has 0 saturated heterocycles. The van der Waals surface area contributed by atoms with Gasteiger partial charge < -0.3 is 5.11 Å². The monoisotopic (exact) mass is 500 g/mol. The number of halogens is 3. The summed E-state index contributed by atoms with van der Waals surface area (Å²) in [5.74, 6) is 0.385. The Morgan fingerprint density at radius 1 is 1.08 bits per heavy atom. The first kappa shape index (κ1) is 24.2. The van der Waals surface area contributed by atoms with E-state index >= 15 is 0 Å². The lowest BCUT2D eigenvalue weighted by molar-refractivity contribution is -0.0885. The van der Waals surface area contributed by atoms with Crippen LogP contribution in [0.4, 0.5) is 18.9 Å². The second kappa shape index (κ2) is 7.92. The number of hydrogen-bond donors (Lipinski definition) is 1. The van der Waals surface area contributed by atoms with Gasteiger partial charge in [-0.25, -0.2) is 0 Å². The second-order valence-electron chi connectivity index (χ2n) is 12.4. The molecular weight excluding hydrogens is 465 g/mol. The number of anilines is 1.